The van der Waals surface area contributed by atoms with Crippen molar-refractivity contribution in [2.45, 2.75) is 32.9 Å². The molecule has 4 nitrogen and oxygen atoms in total. The Kier molecular flexibility index (Phi) is 3.61. The van der Waals surface area contributed by atoms with Crippen LogP contribution in [0.25, 0.3) is 0 Å². The van der Waals surface area contributed by atoms with Crippen LogP contribution >= 0.6 is 0 Å². The Labute approximate surface area is 96.9 Å². The van der Waals surface area contributed by atoms with E-state index in [0.29, 0.717) is 0 Å². The number of piperidine rings is 1. The number of aliphatic hydroxyl groups is 1. The Hall–Kier alpha value is -0.870. The maximum absolute atomic E-state index is 9.10. The van der Waals surface area contributed by atoms with Crippen LogP contribution in [0.4, 0.5) is 0 Å². The molecule has 16 heavy (non-hydrogen) atoms. The third-order valence-corrected chi connectivity index (χ3v) is 3.53. The third-order valence-electron chi connectivity index (χ3n) is 3.53. The highest BCUT2D eigenvalue weighted by Gasteiger charge is 2.18. The second-order valence-corrected chi connectivity index (χ2v) is 4.86. The molecule has 0 aliphatic carbocycles. The van der Waals surface area contributed by atoms with Gasteiger partial charge in [-0.2, -0.15) is 0 Å². The van der Waals surface area contributed by atoms with Gasteiger partial charge in [-0.3, -0.25) is 0 Å². The molecule has 0 amide bonds. The minimum Gasteiger partial charge on any atom is -0.390 e. The van der Waals surface area contributed by atoms with Gasteiger partial charge in [-0.15, -0.1) is 0 Å². The molecule has 0 aromatic carbocycles. The van der Waals surface area contributed by atoms with Gasteiger partial charge in [0.15, 0.2) is 0 Å². The van der Waals surface area contributed by atoms with Crippen LogP contribution in [-0.4, -0.2) is 39.7 Å². The van der Waals surface area contributed by atoms with Gasteiger partial charge < -0.3 is 14.6 Å². The SMILES string of the molecule is Cc1c(CO)ncn1CC1CCCN(C)C1. The maximum Gasteiger partial charge on any atom is 0.0952 e. The van der Waals surface area contributed by atoms with Gasteiger partial charge in [-0.1, -0.05) is 0 Å². The topological polar surface area (TPSA) is 41.3 Å². The van der Waals surface area contributed by atoms with Crippen LogP contribution < -0.4 is 0 Å². The first-order valence-corrected chi connectivity index (χ1v) is 6.00. The van der Waals surface area contributed by atoms with Crippen molar-refractivity contribution in [1.82, 2.24) is 14.5 Å². The van der Waals surface area contributed by atoms with Crippen molar-refractivity contribution >= 4 is 0 Å². The molecule has 0 radical (unpaired) electrons. The smallest absolute Gasteiger partial charge is 0.0952 e. The predicted octanol–water partition coefficient (Wildman–Crippen LogP) is 1.03. The fourth-order valence-corrected chi connectivity index (χ4v) is 2.52. The average Bonchev–Trinajstić information content (AvgIpc) is 2.60. The average molecular weight is 223 g/mol. The summed E-state index contributed by atoms with van der Waals surface area (Å²) in [6, 6.07) is 0. The lowest BCUT2D eigenvalue weighted by atomic mass is 9.98. The Morgan fingerprint density at radius 1 is 1.56 bits per heavy atom. The lowest BCUT2D eigenvalue weighted by molar-refractivity contribution is 0.193. The number of aromatic nitrogens is 2. The van der Waals surface area contributed by atoms with Crippen molar-refractivity contribution in [3.63, 3.8) is 0 Å². The van der Waals surface area contributed by atoms with Gasteiger partial charge in [-0.05, 0) is 39.3 Å². The van der Waals surface area contributed by atoms with E-state index in [0.717, 1.165) is 23.9 Å². The Balaban J connectivity index is 2.00. The van der Waals surface area contributed by atoms with E-state index in [4.69, 9.17) is 5.11 Å². The predicted molar refractivity (Wildman–Crippen MR) is 63.1 cm³/mol. The normalized spacial score (nSPS) is 22.6. The molecule has 1 unspecified atom stereocenters. The summed E-state index contributed by atoms with van der Waals surface area (Å²) in [5.41, 5.74) is 1.92. The molecule has 0 bridgehead atoms. The van der Waals surface area contributed by atoms with Crippen LogP contribution in [-0.2, 0) is 13.2 Å². The molecule has 90 valence electrons. The summed E-state index contributed by atoms with van der Waals surface area (Å²) in [7, 11) is 2.19. The molecule has 1 saturated heterocycles. The van der Waals surface area contributed by atoms with Crippen LogP contribution in [0.2, 0.25) is 0 Å². The van der Waals surface area contributed by atoms with Gasteiger partial charge in [-0.25, -0.2) is 4.98 Å². The zero-order valence-corrected chi connectivity index (χ0v) is 10.2. The van der Waals surface area contributed by atoms with Crippen molar-refractivity contribution in [2.75, 3.05) is 20.1 Å². The van der Waals surface area contributed by atoms with E-state index < -0.39 is 0 Å². The van der Waals surface area contributed by atoms with Crippen molar-refractivity contribution in [3.8, 4) is 0 Å². The largest absolute Gasteiger partial charge is 0.390 e. The van der Waals surface area contributed by atoms with E-state index >= 15 is 0 Å². The molecule has 1 fully saturated rings. The first-order valence-electron chi connectivity index (χ1n) is 6.00. The fraction of sp³-hybridized carbons (Fsp3) is 0.750. The van der Waals surface area contributed by atoms with E-state index in [1.165, 1.54) is 25.9 Å². The van der Waals surface area contributed by atoms with Crippen LogP contribution in [0.3, 0.4) is 0 Å². The number of aliphatic hydroxyl groups excluding tert-OH is 1. The van der Waals surface area contributed by atoms with Crippen LogP contribution in [0.5, 0.6) is 0 Å². The number of hydrogen-bond acceptors (Lipinski definition) is 3. The molecule has 1 aliphatic rings. The second-order valence-electron chi connectivity index (χ2n) is 4.86. The summed E-state index contributed by atoms with van der Waals surface area (Å²) in [5.74, 6) is 0.721. The lowest BCUT2D eigenvalue weighted by Gasteiger charge is -2.30. The maximum atomic E-state index is 9.10. The minimum atomic E-state index is 0.0450. The number of rotatable bonds is 3. The molecular formula is C12H21N3O. The molecule has 0 spiro atoms. The van der Waals surface area contributed by atoms with Crippen LogP contribution in [0.1, 0.15) is 24.2 Å². The molecule has 0 saturated carbocycles. The number of imidazole rings is 1. The number of nitrogens with zero attached hydrogens (tertiary/aromatic N) is 3. The molecule has 1 aliphatic heterocycles. The van der Waals surface area contributed by atoms with Gasteiger partial charge in [0.1, 0.15) is 0 Å². The van der Waals surface area contributed by atoms with Crippen molar-refractivity contribution < 1.29 is 5.11 Å². The first-order chi connectivity index (χ1) is 7.70. The van der Waals surface area contributed by atoms with Crippen molar-refractivity contribution in [3.05, 3.63) is 17.7 Å². The lowest BCUT2D eigenvalue weighted by Crippen LogP contribution is -2.34. The Morgan fingerprint density at radius 3 is 3.00 bits per heavy atom. The molecule has 1 aromatic heterocycles. The monoisotopic (exact) mass is 223 g/mol. The van der Waals surface area contributed by atoms with Gasteiger partial charge in [0, 0.05) is 18.8 Å². The summed E-state index contributed by atoms with van der Waals surface area (Å²) in [5, 5.41) is 9.10. The van der Waals surface area contributed by atoms with E-state index in [9.17, 15) is 0 Å². The van der Waals surface area contributed by atoms with Crippen LogP contribution in [0, 0.1) is 12.8 Å². The van der Waals surface area contributed by atoms with Gasteiger partial charge in [0.25, 0.3) is 0 Å². The molecule has 1 atom stereocenters. The fourth-order valence-electron chi connectivity index (χ4n) is 2.52. The quantitative estimate of drug-likeness (QED) is 0.832. The standard InChI is InChI=1S/C12H21N3O/c1-10-12(8-16)13-9-15(10)7-11-4-3-5-14(2)6-11/h9,11,16H,3-8H2,1-2H3. The molecule has 1 aromatic rings. The Bertz CT molecular complexity index is 348. The van der Waals surface area contributed by atoms with Gasteiger partial charge >= 0.3 is 0 Å². The molecular weight excluding hydrogens is 202 g/mol. The highest BCUT2D eigenvalue weighted by Crippen LogP contribution is 2.18. The van der Waals surface area contributed by atoms with Crippen LogP contribution in [0.15, 0.2) is 6.33 Å². The zero-order valence-electron chi connectivity index (χ0n) is 10.2. The minimum absolute atomic E-state index is 0.0450. The molecule has 4 heteroatoms. The van der Waals surface area contributed by atoms with Crippen molar-refractivity contribution in [1.29, 1.82) is 0 Å². The second kappa shape index (κ2) is 4.97. The van der Waals surface area contributed by atoms with Gasteiger partial charge in [0.2, 0.25) is 0 Å². The zero-order chi connectivity index (χ0) is 11.5. The van der Waals surface area contributed by atoms with E-state index in [2.05, 4.69) is 21.5 Å². The summed E-state index contributed by atoms with van der Waals surface area (Å²) < 4.78 is 2.18. The molecule has 2 rings (SSSR count). The van der Waals surface area contributed by atoms with E-state index in [-0.39, 0.29) is 6.61 Å². The summed E-state index contributed by atoms with van der Waals surface area (Å²) in [6.45, 7) is 5.51. The van der Waals surface area contributed by atoms with E-state index in [1.807, 2.05) is 13.3 Å². The highest BCUT2D eigenvalue weighted by atomic mass is 16.3. The number of hydrogen-bond donors (Lipinski definition) is 1. The van der Waals surface area contributed by atoms with Gasteiger partial charge in [0.05, 0.1) is 18.6 Å². The Morgan fingerprint density at radius 2 is 2.38 bits per heavy atom. The van der Waals surface area contributed by atoms with E-state index in [1.54, 1.807) is 0 Å². The summed E-state index contributed by atoms with van der Waals surface area (Å²) in [6.07, 6.45) is 4.45. The molecule has 2 heterocycles. The summed E-state index contributed by atoms with van der Waals surface area (Å²) in [4.78, 5) is 6.61. The molecule has 1 N–H and O–H groups in total. The number of likely N-dealkylation sites (tertiary alicyclic amines) is 1. The van der Waals surface area contributed by atoms with Crippen molar-refractivity contribution in [2.24, 2.45) is 5.92 Å². The highest BCUT2D eigenvalue weighted by molar-refractivity contribution is 5.09. The first kappa shape index (κ1) is 11.6. The summed E-state index contributed by atoms with van der Waals surface area (Å²) >= 11 is 0. The third kappa shape index (κ3) is 2.44.